The van der Waals surface area contributed by atoms with Crippen LogP contribution in [0, 0.1) is 24.0 Å². The highest BCUT2D eigenvalue weighted by molar-refractivity contribution is 6.37. The minimum Gasteiger partial charge on any atom is -0.258 e. The number of aromatic nitrogens is 1. The number of aryl methyl sites for hydroxylation is 2. The summed E-state index contributed by atoms with van der Waals surface area (Å²) in [6.07, 6.45) is 1.21. The average molecular weight is 237 g/mol. The molecule has 0 aliphatic carbocycles. The van der Waals surface area contributed by atoms with Gasteiger partial charge in [-0.3, -0.25) is 10.1 Å². The first-order valence-corrected chi connectivity index (χ1v) is 5.09. The first kappa shape index (κ1) is 10.8. The largest absolute Gasteiger partial charge is 0.306 e. The van der Waals surface area contributed by atoms with Crippen LogP contribution >= 0.6 is 11.6 Å². The Labute approximate surface area is 97.0 Å². The van der Waals surface area contributed by atoms with Crippen molar-refractivity contribution in [3.63, 3.8) is 0 Å². The van der Waals surface area contributed by atoms with E-state index in [0.29, 0.717) is 5.39 Å². The molecule has 82 valence electrons. The van der Waals surface area contributed by atoms with Crippen molar-refractivity contribution in [2.45, 2.75) is 13.8 Å². The van der Waals surface area contributed by atoms with Crippen molar-refractivity contribution in [1.82, 2.24) is 4.98 Å². The Kier molecular flexibility index (Phi) is 2.52. The second-order valence-corrected chi connectivity index (χ2v) is 4.00. The zero-order chi connectivity index (χ0) is 11.9. The lowest BCUT2D eigenvalue weighted by Gasteiger charge is -2.06. The van der Waals surface area contributed by atoms with Crippen molar-refractivity contribution in [1.29, 1.82) is 0 Å². The zero-order valence-electron chi connectivity index (χ0n) is 8.82. The molecule has 0 atom stereocenters. The summed E-state index contributed by atoms with van der Waals surface area (Å²) >= 11 is 5.98. The maximum atomic E-state index is 10.7. The lowest BCUT2D eigenvalue weighted by atomic mass is 10.1. The van der Waals surface area contributed by atoms with Gasteiger partial charge in [-0.15, -0.1) is 0 Å². The summed E-state index contributed by atoms with van der Waals surface area (Å²) in [6.45, 7) is 3.89. The monoisotopic (exact) mass is 236 g/mol. The molecule has 2 rings (SSSR count). The molecule has 0 bridgehead atoms. The van der Waals surface area contributed by atoms with Crippen LogP contribution in [0.15, 0.2) is 18.3 Å². The molecule has 0 saturated heterocycles. The molecule has 0 unspecified atom stereocenters. The minimum atomic E-state index is -0.524. The Balaban J connectivity index is 2.87. The van der Waals surface area contributed by atoms with Gasteiger partial charge in [-0.25, -0.2) is 4.98 Å². The number of nitrogens with zero attached hydrogens (tertiary/aromatic N) is 2. The minimum absolute atomic E-state index is 0.151. The summed E-state index contributed by atoms with van der Waals surface area (Å²) in [6, 6.07) is 3.65. The van der Waals surface area contributed by atoms with E-state index in [0.717, 1.165) is 16.6 Å². The number of hydrogen-bond acceptors (Lipinski definition) is 3. The SMILES string of the molecule is Cc1ccc2c(Cl)c([N+](=O)[O-])cnc2c1C. The summed E-state index contributed by atoms with van der Waals surface area (Å²) in [5.41, 5.74) is 2.65. The predicted octanol–water partition coefficient (Wildman–Crippen LogP) is 3.41. The lowest BCUT2D eigenvalue weighted by molar-refractivity contribution is -0.384. The molecule has 0 aliphatic heterocycles. The fourth-order valence-corrected chi connectivity index (χ4v) is 1.86. The molecule has 1 heterocycles. The highest BCUT2D eigenvalue weighted by Crippen LogP contribution is 2.32. The number of halogens is 1. The van der Waals surface area contributed by atoms with Crippen LogP contribution in [0.1, 0.15) is 11.1 Å². The molecule has 2 aromatic rings. The summed E-state index contributed by atoms with van der Waals surface area (Å²) in [4.78, 5) is 14.3. The van der Waals surface area contributed by atoms with Gasteiger partial charge >= 0.3 is 5.69 Å². The van der Waals surface area contributed by atoms with E-state index in [4.69, 9.17) is 11.6 Å². The highest BCUT2D eigenvalue weighted by atomic mass is 35.5. The molecule has 1 aromatic carbocycles. The number of hydrogen-bond donors (Lipinski definition) is 0. The fraction of sp³-hybridized carbons (Fsp3) is 0.182. The van der Waals surface area contributed by atoms with Gasteiger partial charge in [0.15, 0.2) is 0 Å². The third kappa shape index (κ3) is 1.51. The van der Waals surface area contributed by atoms with Crippen LogP contribution in [0.2, 0.25) is 5.02 Å². The van der Waals surface area contributed by atoms with Gasteiger partial charge in [-0.1, -0.05) is 23.7 Å². The van der Waals surface area contributed by atoms with Crippen molar-refractivity contribution < 1.29 is 4.92 Å². The zero-order valence-corrected chi connectivity index (χ0v) is 9.58. The molecule has 0 radical (unpaired) electrons. The molecule has 0 amide bonds. The van der Waals surface area contributed by atoms with Gasteiger partial charge in [0.2, 0.25) is 0 Å². The molecular formula is C11H9ClN2O2. The molecule has 1 aromatic heterocycles. The second-order valence-electron chi connectivity index (χ2n) is 3.62. The molecular weight excluding hydrogens is 228 g/mol. The van der Waals surface area contributed by atoms with Crippen molar-refractivity contribution in [2.24, 2.45) is 0 Å². The third-order valence-electron chi connectivity index (χ3n) is 2.68. The molecule has 5 heteroatoms. The van der Waals surface area contributed by atoms with Gasteiger partial charge in [-0.05, 0) is 25.0 Å². The Morgan fingerprint density at radius 3 is 2.69 bits per heavy atom. The van der Waals surface area contributed by atoms with Crippen molar-refractivity contribution in [3.8, 4) is 0 Å². The quantitative estimate of drug-likeness (QED) is 0.563. The van der Waals surface area contributed by atoms with Gasteiger partial charge in [-0.2, -0.15) is 0 Å². The third-order valence-corrected chi connectivity index (χ3v) is 3.07. The smallest absolute Gasteiger partial charge is 0.258 e. The Bertz CT molecular complexity index is 596. The van der Waals surface area contributed by atoms with Crippen LogP contribution in [0.4, 0.5) is 5.69 Å². The number of benzene rings is 1. The van der Waals surface area contributed by atoms with Gasteiger partial charge in [0.05, 0.1) is 10.4 Å². The van der Waals surface area contributed by atoms with Gasteiger partial charge in [0, 0.05) is 5.39 Å². The van der Waals surface area contributed by atoms with E-state index >= 15 is 0 Å². The van der Waals surface area contributed by atoms with Crippen molar-refractivity contribution >= 4 is 28.2 Å². The fourth-order valence-electron chi connectivity index (χ4n) is 1.59. The maximum Gasteiger partial charge on any atom is 0.306 e. The predicted molar refractivity (Wildman–Crippen MR) is 62.9 cm³/mol. The Morgan fingerprint density at radius 1 is 1.38 bits per heavy atom. The number of rotatable bonds is 1. The van der Waals surface area contributed by atoms with E-state index in [1.165, 1.54) is 6.20 Å². The summed E-state index contributed by atoms with van der Waals surface area (Å²) < 4.78 is 0. The normalized spacial score (nSPS) is 10.7. The summed E-state index contributed by atoms with van der Waals surface area (Å²) in [5.74, 6) is 0. The molecule has 0 spiro atoms. The van der Waals surface area contributed by atoms with E-state index in [1.54, 1.807) is 6.07 Å². The number of pyridine rings is 1. The highest BCUT2D eigenvalue weighted by Gasteiger charge is 2.17. The Morgan fingerprint density at radius 2 is 2.06 bits per heavy atom. The van der Waals surface area contributed by atoms with E-state index < -0.39 is 4.92 Å². The molecule has 0 saturated carbocycles. The maximum absolute atomic E-state index is 10.7. The molecule has 16 heavy (non-hydrogen) atoms. The van der Waals surface area contributed by atoms with Gasteiger partial charge in [0.25, 0.3) is 0 Å². The van der Waals surface area contributed by atoms with Crippen LogP contribution in [-0.4, -0.2) is 9.91 Å². The molecule has 4 nitrogen and oxygen atoms in total. The van der Waals surface area contributed by atoms with Crippen molar-refractivity contribution in [2.75, 3.05) is 0 Å². The first-order chi connectivity index (χ1) is 7.52. The van der Waals surface area contributed by atoms with E-state index in [9.17, 15) is 10.1 Å². The number of fused-ring (bicyclic) bond motifs is 1. The second kappa shape index (κ2) is 3.72. The van der Waals surface area contributed by atoms with E-state index in [1.807, 2.05) is 19.9 Å². The first-order valence-electron chi connectivity index (χ1n) is 4.71. The van der Waals surface area contributed by atoms with Crippen LogP contribution in [0.5, 0.6) is 0 Å². The number of nitro groups is 1. The molecule has 0 N–H and O–H groups in total. The van der Waals surface area contributed by atoms with E-state index in [2.05, 4.69) is 4.98 Å². The standard InChI is InChI=1S/C11H9ClN2O2/c1-6-3-4-8-10(12)9(14(15)16)5-13-11(8)7(6)2/h3-5H,1-2H3. The van der Waals surface area contributed by atoms with Crippen LogP contribution in [0.3, 0.4) is 0 Å². The molecule has 0 aliphatic rings. The van der Waals surface area contributed by atoms with Crippen molar-refractivity contribution in [3.05, 3.63) is 44.6 Å². The topological polar surface area (TPSA) is 56.0 Å². The van der Waals surface area contributed by atoms with Crippen LogP contribution in [-0.2, 0) is 0 Å². The van der Waals surface area contributed by atoms with E-state index in [-0.39, 0.29) is 10.7 Å². The van der Waals surface area contributed by atoms with Gasteiger partial charge < -0.3 is 0 Å². The van der Waals surface area contributed by atoms with Crippen LogP contribution < -0.4 is 0 Å². The summed E-state index contributed by atoms with van der Waals surface area (Å²) in [7, 11) is 0. The lowest BCUT2D eigenvalue weighted by Crippen LogP contribution is -1.94. The van der Waals surface area contributed by atoms with Gasteiger partial charge in [0.1, 0.15) is 11.2 Å². The Hall–Kier alpha value is -1.68. The van der Waals surface area contributed by atoms with Crippen LogP contribution in [0.25, 0.3) is 10.9 Å². The molecule has 0 fully saturated rings. The average Bonchev–Trinajstić information content (AvgIpc) is 2.23. The summed E-state index contributed by atoms with van der Waals surface area (Å²) in [5, 5.41) is 11.5.